The normalized spacial score (nSPS) is 20.1. The van der Waals surface area contributed by atoms with Crippen molar-refractivity contribution in [3.63, 3.8) is 0 Å². The molecule has 0 bridgehead atoms. The van der Waals surface area contributed by atoms with Crippen molar-refractivity contribution in [3.8, 4) is 11.1 Å². The van der Waals surface area contributed by atoms with Crippen molar-refractivity contribution >= 4 is 34.2 Å². The first-order valence-electron chi connectivity index (χ1n) is 13.5. The zero-order chi connectivity index (χ0) is 26.1. The first-order chi connectivity index (χ1) is 17.9. The Kier molecular flexibility index (Phi) is 7.58. The van der Waals surface area contributed by atoms with Crippen LogP contribution in [0.3, 0.4) is 0 Å². The van der Waals surface area contributed by atoms with E-state index in [0.29, 0.717) is 19.1 Å². The van der Waals surface area contributed by atoms with E-state index in [9.17, 15) is 4.79 Å². The molecule has 5 rings (SSSR count). The Labute approximate surface area is 224 Å². The van der Waals surface area contributed by atoms with Gasteiger partial charge < -0.3 is 15.1 Å². The average molecular weight is 524 g/mol. The highest BCUT2D eigenvalue weighted by molar-refractivity contribution is 6.36. The Bertz CT molecular complexity index is 1290. The number of hydrogen-bond donors (Lipinski definition) is 2. The number of carbonyl (C=O) groups is 1. The van der Waals surface area contributed by atoms with Gasteiger partial charge in [0, 0.05) is 47.9 Å². The quantitative estimate of drug-likeness (QED) is 0.441. The fourth-order valence-electron chi connectivity index (χ4n) is 6.00. The molecule has 1 amide bonds. The molecular weight excluding hydrogens is 486 g/mol. The minimum atomic E-state index is 0.000904. The summed E-state index contributed by atoms with van der Waals surface area (Å²) >= 11 is 7.02. The number of H-pyrrole nitrogens is 1. The summed E-state index contributed by atoms with van der Waals surface area (Å²) in [5, 5.41) is 18.2. The molecule has 198 valence electrons. The van der Waals surface area contributed by atoms with Crippen LogP contribution in [0.2, 0.25) is 5.02 Å². The molecule has 2 aliphatic heterocycles. The van der Waals surface area contributed by atoms with Gasteiger partial charge in [-0.15, -0.1) is 0 Å². The third-order valence-electron chi connectivity index (χ3n) is 8.03. The molecule has 0 spiro atoms. The molecule has 3 aromatic rings. The fourth-order valence-corrected chi connectivity index (χ4v) is 6.25. The lowest BCUT2D eigenvalue weighted by atomic mass is 9.97. The number of hydrogen-bond acceptors (Lipinski definition) is 5. The Balaban J connectivity index is 1.57. The van der Waals surface area contributed by atoms with Gasteiger partial charge in [-0.3, -0.25) is 14.6 Å². The smallest absolute Gasteiger partial charge is 0.245 e. The number of fused-ring (bicyclic) bond motifs is 1. The van der Waals surface area contributed by atoms with Crippen molar-refractivity contribution in [1.82, 2.24) is 29.8 Å². The zero-order valence-corrected chi connectivity index (χ0v) is 22.9. The molecular formula is C28H38ClN7O. The Morgan fingerprint density at radius 1 is 1.16 bits per heavy atom. The molecule has 1 atom stereocenters. The van der Waals surface area contributed by atoms with Crippen molar-refractivity contribution in [2.24, 2.45) is 0 Å². The minimum Gasteiger partial charge on any atom is -0.364 e. The van der Waals surface area contributed by atoms with E-state index in [4.69, 9.17) is 16.7 Å². The van der Waals surface area contributed by atoms with E-state index < -0.39 is 0 Å². The molecule has 2 saturated heterocycles. The van der Waals surface area contributed by atoms with Crippen LogP contribution in [0.25, 0.3) is 22.0 Å². The molecule has 9 heteroatoms. The second-order valence-electron chi connectivity index (χ2n) is 10.7. The van der Waals surface area contributed by atoms with E-state index in [2.05, 4.69) is 51.7 Å². The van der Waals surface area contributed by atoms with Crippen molar-refractivity contribution < 1.29 is 4.79 Å². The summed E-state index contributed by atoms with van der Waals surface area (Å²) in [6, 6.07) is 2.57. The van der Waals surface area contributed by atoms with Gasteiger partial charge in [-0.05, 0) is 70.8 Å². The van der Waals surface area contributed by atoms with E-state index in [0.717, 1.165) is 76.5 Å². The molecule has 2 fully saturated rings. The maximum absolute atomic E-state index is 12.1. The summed E-state index contributed by atoms with van der Waals surface area (Å²) in [6.45, 7) is 11.3. The van der Waals surface area contributed by atoms with E-state index >= 15 is 0 Å². The lowest BCUT2D eigenvalue weighted by Gasteiger charge is -2.32. The van der Waals surface area contributed by atoms with Crippen molar-refractivity contribution in [3.05, 3.63) is 41.2 Å². The summed E-state index contributed by atoms with van der Waals surface area (Å²) in [5.74, 6) is 0.886. The molecule has 0 saturated carbocycles. The minimum absolute atomic E-state index is 0.000904. The van der Waals surface area contributed by atoms with Crippen molar-refractivity contribution in [2.45, 2.75) is 64.5 Å². The van der Waals surface area contributed by atoms with Gasteiger partial charge in [-0.1, -0.05) is 31.0 Å². The number of aromatic amines is 1. The van der Waals surface area contributed by atoms with Crippen LogP contribution in [0.1, 0.15) is 55.8 Å². The Morgan fingerprint density at radius 3 is 2.70 bits per heavy atom. The van der Waals surface area contributed by atoms with E-state index in [1.807, 2.05) is 18.0 Å². The molecule has 2 aromatic heterocycles. The van der Waals surface area contributed by atoms with E-state index in [-0.39, 0.29) is 11.9 Å². The number of nitrogens with one attached hydrogen (secondary N) is 2. The van der Waals surface area contributed by atoms with Gasteiger partial charge in [0.25, 0.3) is 0 Å². The number of piperidine rings is 1. The standard InChI is InChI=1S/C28H38ClN7O/c1-5-24(37)35-13-10-21(11-14-35)36-19(3)25(26-22-16-30-32-23(22)15-18(2)27(26)29)28(33-36)31-20-9-7-6-8-12-34(4)17-20/h5,15-16,20-21H,1,6-14,17H2,2-4H3,(H,30,32)(H,31,33)/t20-/m1/s1. The molecule has 4 heterocycles. The lowest BCUT2D eigenvalue weighted by molar-refractivity contribution is -0.127. The molecule has 1 aromatic carbocycles. The molecule has 2 aliphatic rings. The average Bonchev–Trinajstić information content (AvgIpc) is 3.47. The summed E-state index contributed by atoms with van der Waals surface area (Å²) < 4.78 is 2.17. The highest BCUT2D eigenvalue weighted by atomic mass is 35.5. The van der Waals surface area contributed by atoms with Gasteiger partial charge in [0.05, 0.1) is 22.8 Å². The second kappa shape index (κ2) is 10.9. The van der Waals surface area contributed by atoms with Crippen molar-refractivity contribution in [1.29, 1.82) is 0 Å². The predicted octanol–water partition coefficient (Wildman–Crippen LogP) is 5.33. The SMILES string of the molecule is C=CC(=O)N1CCC(n2nc(N[C@@H]3CCCCCN(C)C3)c(-c3c(Cl)c(C)cc4[nH]ncc34)c2C)CC1. The van der Waals surface area contributed by atoms with Gasteiger partial charge in [-0.2, -0.15) is 10.2 Å². The summed E-state index contributed by atoms with van der Waals surface area (Å²) in [7, 11) is 2.20. The molecule has 0 aliphatic carbocycles. The number of likely N-dealkylation sites (N-methyl/N-ethyl adjacent to an activating group) is 1. The lowest BCUT2D eigenvalue weighted by Crippen LogP contribution is -2.38. The van der Waals surface area contributed by atoms with Gasteiger partial charge in [0.2, 0.25) is 5.91 Å². The maximum Gasteiger partial charge on any atom is 0.245 e. The maximum atomic E-state index is 12.1. The van der Waals surface area contributed by atoms with Crippen LogP contribution < -0.4 is 5.32 Å². The van der Waals surface area contributed by atoms with Crippen LogP contribution in [0.4, 0.5) is 5.82 Å². The van der Waals surface area contributed by atoms with Gasteiger partial charge in [0.15, 0.2) is 5.82 Å². The van der Waals surface area contributed by atoms with Gasteiger partial charge >= 0.3 is 0 Å². The third kappa shape index (κ3) is 5.14. The molecule has 2 N–H and O–H groups in total. The summed E-state index contributed by atoms with van der Waals surface area (Å²) in [6.07, 6.45) is 9.82. The van der Waals surface area contributed by atoms with Crippen LogP contribution in [0.15, 0.2) is 24.9 Å². The first kappa shape index (κ1) is 25.8. The Hall–Kier alpha value is -2.84. The highest BCUT2D eigenvalue weighted by Gasteiger charge is 2.30. The number of amides is 1. The second-order valence-corrected chi connectivity index (χ2v) is 11.1. The van der Waals surface area contributed by atoms with E-state index in [1.165, 1.54) is 25.3 Å². The van der Waals surface area contributed by atoms with Crippen LogP contribution in [0, 0.1) is 13.8 Å². The largest absolute Gasteiger partial charge is 0.364 e. The number of anilines is 1. The van der Waals surface area contributed by atoms with Crippen LogP contribution in [-0.2, 0) is 4.79 Å². The van der Waals surface area contributed by atoms with Gasteiger partial charge in [0.1, 0.15) is 0 Å². The first-order valence-corrected chi connectivity index (χ1v) is 13.8. The number of likely N-dealkylation sites (tertiary alicyclic amines) is 2. The topological polar surface area (TPSA) is 82.1 Å². The number of benzene rings is 1. The van der Waals surface area contributed by atoms with Crippen molar-refractivity contribution in [2.75, 3.05) is 38.5 Å². The summed E-state index contributed by atoms with van der Waals surface area (Å²) in [4.78, 5) is 16.4. The van der Waals surface area contributed by atoms with Crippen LogP contribution in [-0.4, -0.2) is 75.0 Å². The van der Waals surface area contributed by atoms with E-state index in [1.54, 1.807) is 0 Å². The third-order valence-corrected chi connectivity index (χ3v) is 8.51. The number of aromatic nitrogens is 4. The summed E-state index contributed by atoms with van der Waals surface area (Å²) in [5.41, 5.74) is 5.10. The molecule has 0 unspecified atom stereocenters. The monoisotopic (exact) mass is 523 g/mol. The molecule has 0 radical (unpaired) electrons. The Morgan fingerprint density at radius 2 is 1.95 bits per heavy atom. The molecule has 37 heavy (non-hydrogen) atoms. The number of aryl methyl sites for hydroxylation is 1. The van der Waals surface area contributed by atoms with Gasteiger partial charge in [-0.25, -0.2) is 0 Å². The number of carbonyl (C=O) groups excluding carboxylic acids is 1. The number of rotatable bonds is 5. The number of halogens is 1. The highest BCUT2D eigenvalue weighted by Crippen LogP contribution is 2.43. The zero-order valence-electron chi connectivity index (χ0n) is 22.2. The number of nitrogens with zero attached hydrogens (tertiary/aromatic N) is 5. The van der Waals surface area contributed by atoms with Crippen LogP contribution in [0.5, 0.6) is 0 Å². The fraction of sp³-hybridized carbons (Fsp3) is 0.536. The molecule has 8 nitrogen and oxygen atoms in total. The van der Waals surface area contributed by atoms with Crippen LogP contribution >= 0.6 is 11.6 Å². The predicted molar refractivity (Wildman–Crippen MR) is 150 cm³/mol.